The van der Waals surface area contributed by atoms with Crippen LogP contribution in [-0.2, 0) is 17.1 Å². The third-order valence-corrected chi connectivity index (χ3v) is 5.20. The summed E-state index contributed by atoms with van der Waals surface area (Å²) in [4.78, 5) is 0.262. The van der Waals surface area contributed by atoms with Crippen molar-refractivity contribution in [3.8, 4) is 0 Å². The van der Waals surface area contributed by atoms with Gasteiger partial charge in [-0.1, -0.05) is 29.8 Å². The van der Waals surface area contributed by atoms with E-state index in [1.807, 2.05) is 13.8 Å². The highest BCUT2D eigenvalue weighted by atomic mass is 79.9. The standard InChI is InChI=1S/C11H20BrN3O2S/c1-4-10(5-2)15(7-6-12)18(16,17)11-8-13-14(3)9-11/h8-10H,4-7H2,1-3H3. The maximum atomic E-state index is 12.5. The van der Waals surface area contributed by atoms with Gasteiger partial charge in [0.05, 0.1) is 6.20 Å². The molecule has 7 heteroatoms. The van der Waals surface area contributed by atoms with Crippen molar-refractivity contribution in [1.29, 1.82) is 0 Å². The second-order valence-electron chi connectivity index (χ2n) is 4.12. The molecule has 0 radical (unpaired) electrons. The lowest BCUT2D eigenvalue weighted by Crippen LogP contribution is -2.40. The zero-order valence-corrected chi connectivity index (χ0v) is 13.4. The minimum Gasteiger partial charge on any atom is -0.274 e. The third-order valence-electron chi connectivity index (χ3n) is 2.94. The summed E-state index contributed by atoms with van der Waals surface area (Å²) in [6, 6.07) is 0.0350. The van der Waals surface area contributed by atoms with Crippen LogP contribution in [-0.4, -0.2) is 40.4 Å². The second kappa shape index (κ2) is 6.68. The molecule has 0 N–H and O–H groups in total. The topological polar surface area (TPSA) is 55.2 Å². The van der Waals surface area contributed by atoms with Crippen molar-refractivity contribution >= 4 is 26.0 Å². The monoisotopic (exact) mass is 337 g/mol. The third kappa shape index (κ3) is 3.33. The summed E-state index contributed by atoms with van der Waals surface area (Å²) in [5.74, 6) is 0. The molecule has 0 saturated heterocycles. The van der Waals surface area contributed by atoms with Crippen molar-refractivity contribution in [2.45, 2.75) is 37.6 Å². The molecule has 18 heavy (non-hydrogen) atoms. The lowest BCUT2D eigenvalue weighted by Gasteiger charge is -2.28. The van der Waals surface area contributed by atoms with Crippen molar-refractivity contribution in [2.24, 2.45) is 7.05 Å². The van der Waals surface area contributed by atoms with E-state index in [0.717, 1.165) is 12.8 Å². The molecule has 1 heterocycles. The lowest BCUT2D eigenvalue weighted by molar-refractivity contribution is 0.317. The molecule has 0 spiro atoms. The maximum Gasteiger partial charge on any atom is 0.246 e. The Hall–Kier alpha value is -0.400. The van der Waals surface area contributed by atoms with Crippen LogP contribution in [0.5, 0.6) is 0 Å². The Kier molecular flexibility index (Phi) is 5.81. The maximum absolute atomic E-state index is 12.5. The minimum atomic E-state index is -3.45. The van der Waals surface area contributed by atoms with E-state index >= 15 is 0 Å². The van der Waals surface area contributed by atoms with Crippen LogP contribution in [0.1, 0.15) is 26.7 Å². The van der Waals surface area contributed by atoms with E-state index in [1.54, 1.807) is 17.5 Å². The van der Waals surface area contributed by atoms with Gasteiger partial charge >= 0.3 is 0 Å². The molecule has 1 aromatic rings. The number of halogens is 1. The average molecular weight is 338 g/mol. The second-order valence-corrected chi connectivity index (χ2v) is 6.81. The van der Waals surface area contributed by atoms with Gasteiger partial charge in [-0.3, -0.25) is 4.68 Å². The van der Waals surface area contributed by atoms with Crippen molar-refractivity contribution in [3.63, 3.8) is 0 Å². The molecule has 0 aliphatic heterocycles. The van der Waals surface area contributed by atoms with Crippen LogP contribution in [0.3, 0.4) is 0 Å². The zero-order valence-electron chi connectivity index (χ0n) is 11.0. The van der Waals surface area contributed by atoms with Gasteiger partial charge < -0.3 is 0 Å². The first-order valence-electron chi connectivity index (χ1n) is 6.03. The summed E-state index contributed by atoms with van der Waals surface area (Å²) in [6.45, 7) is 4.49. The van der Waals surface area contributed by atoms with Gasteiger partial charge in [-0.2, -0.15) is 9.40 Å². The number of aryl methyl sites for hydroxylation is 1. The molecule has 0 unspecified atom stereocenters. The Bertz CT molecular complexity index is 468. The zero-order chi connectivity index (χ0) is 13.8. The average Bonchev–Trinajstić information content (AvgIpc) is 2.77. The van der Waals surface area contributed by atoms with Crippen LogP contribution < -0.4 is 0 Å². The molecule has 5 nitrogen and oxygen atoms in total. The number of hydrogen-bond acceptors (Lipinski definition) is 3. The molecule has 1 rings (SSSR count). The van der Waals surface area contributed by atoms with E-state index in [4.69, 9.17) is 0 Å². The highest BCUT2D eigenvalue weighted by Crippen LogP contribution is 2.20. The SMILES string of the molecule is CCC(CC)N(CCBr)S(=O)(=O)c1cnn(C)c1. The van der Waals surface area contributed by atoms with Gasteiger partial charge in [0, 0.05) is 31.2 Å². The smallest absolute Gasteiger partial charge is 0.246 e. The van der Waals surface area contributed by atoms with E-state index in [1.165, 1.54) is 10.9 Å². The Morgan fingerprint density at radius 3 is 2.44 bits per heavy atom. The number of aromatic nitrogens is 2. The predicted octanol–water partition coefficient (Wildman–Crippen LogP) is 1.99. The van der Waals surface area contributed by atoms with Gasteiger partial charge in [0.25, 0.3) is 0 Å². The molecule has 0 aromatic carbocycles. The fraction of sp³-hybridized carbons (Fsp3) is 0.727. The first-order valence-corrected chi connectivity index (χ1v) is 8.59. The summed E-state index contributed by atoms with van der Waals surface area (Å²) < 4.78 is 28.2. The van der Waals surface area contributed by atoms with Gasteiger partial charge in [0.2, 0.25) is 10.0 Å². The molecule has 0 fully saturated rings. The van der Waals surface area contributed by atoms with Crippen molar-refractivity contribution < 1.29 is 8.42 Å². The van der Waals surface area contributed by atoms with Crippen LogP contribution >= 0.6 is 15.9 Å². The number of nitrogens with zero attached hydrogens (tertiary/aromatic N) is 3. The van der Waals surface area contributed by atoms with Crippen molar-refractivity contribution in [3.05, 3.63) is 12.4 Å². The van der Waals surface area contributed by atoms with Crippen LogP contribution in [0.4, 0.5) is 0 Å². The molecule has 0 bridgehead atoms. The Labute approximate surface area is 117 Å². The largest absolute Gasteiger partial charge is 0.274 e. The van der Waals surface area contributed by atoms with Crippen LogP contribution in [0.2, 0.25) is 0 Å². The molecule has 0 aliphatic rings. The normalized spacial score (nSPS) is 12.6. The molecular formula is C11H20BrN3O2S. The van der Waals surface area contributed by atoms with Crippen molar-refractivity contribution in [1.82, 2.24) is 14.1 Å². The first kappa shape index (κ1) is 15.7. The Morgan fingerprint density at radius 1 is 1.44 bits per heavy atom. The van der Waals surface area contributed by atoms with Gasteiger partial charge in [0.1, 0.15) is 4.90 Å². The van der Waals surface area contributed by atoms with Gasteiger partial charge in [-0.25, -0.2) is 8.42 Å². The molecule has 0 amide bonds. The van der Waals surface area contributed by atoms with E-state index < -0.39 is 10.0 Å². The molecule has 0 aliphatic carbocycles. The van der Waals surface area contributed by atoms with E-state index in [-0.39, 0.29) is 10.9 Å². The summed E-state index contributed by atoms with van der Waals surface area (Å²) in [5.41, 5.74) is 0. The minimum absolute atomic E-state index is 0.0350. The number of alkyl halides is 1. The van der Waals surface area contributed by atoms with Gasteiger partial charge in [-0.15, -0.1) is 0 Å². The highest BCUT2D eigenvalue weighted by Gasteiger charge is 2.30. The Morgan fingerprint density at radius 2 is 2.06 bits per heavy atom. The molecule has 104 valence electrons. The number of hydrogen-bond donors (Lipinski definition) is 0. The Balaban J connectivity index is 3.11. The van der Waals surface area contributed by atoms with E-state index in [9.17, 15) is 8.42 Å². The molecule has 1 aromatic heterocycles. The fourth-order valence-electron chi connectivity index (χ4n) is 1.95. The van der Waals surface area contributed by atoms with E-state index in [2.05, 4.69) is 21.0 Å². The fourth-order valence-corrected chi connectivity index (χ4v) is 4.32. The van der Waals surface area contributed by atoms with E-state index in [0.29, 0.717) is 11.9 Å². The summed E-state index contributed by atoms with van der Waals surface area (Å²) in [7, 11) is -1.73. The molecular weight excluding hydrogens is 318 g/mol. The van der Waals surface area contributed by atoms with Gasteiger partial charge in [-0.05, 0) is 12.8 Å². The molecule has 0 atom stereocenters. The summed E-state index contributed by atoms with van der Waals surface area (Å²) >= 11 is 3.32. The predicted molar refractivity (Wildman–Crippen MR) is 75.3 cm³/mol. The molecule has 0 saturated carbocycles. The lowest BCUT2D eigenvalue weighted by atomic mass is 10.2. The van der Waals surface area contributed by atoms with Crippen LogP contribution in [0.15, 0.2) is 17.3 Å². The summed E-state index contributed by atoms with van der Waals surface area (Å²) in [6.07, 6.45) is 4.56. The quantitative estimate of drug-likeness (QED) is 0.715. The number of rotatable bonds is 7. The van der Waals surface area contributed by atoms with Gasteiger partial charge in [0.15, 0.2) is 0 Å². The van der Waals surface area contributed by atoms with Crippen molar-refractivity contribution in [2.75, 3.05) is 11.9 Å². The number of sulfonamides is 1. The first-order chi connectivity index (χ1) is 8.47. The van der Waals surface area contributed by atoms with Crippen LogP contribution in [0.25, 0.3) is 0 Å². The summed E-state index contributed by atoms with van der Waals surface area (Å²) in [5, 5.41) is 4.56. The van der Waals surface area contributed by atoms with Crippen LogP contribution in [0, 0.1) is 0 Å². The highest BCUT2D eigenvalue weighted by molar-refractivity contribution is 9.09.